The molecule has 2 rings (SSSR count). The maximum Gasteiger partial charge on any atom is 0.251 e. The number of carbonyl (C=O) groups is 1. The third-order valence-corrected chi connectivity index (χ3v) is 5.44. The van der Waals surface area contributed by atoms with Crippen molar-refractivity contribution in [3.05, 3.63) is 35.4 Å². The van der Waals surface area contributed by atoms with Crippen LogP contribution in [0.2, 0.25) is 0 Å². The molecule has 25 heavy (non-hydrogen) atoms. The van der Waals surface area contributed by atoms with Gasteiger partial charge in [-0.15, -0.1) is 0 Å². The lowest BCUT2D eigenvalue weighted by molar-refractivity contribution is 0.0963. The molecule has 0 unspecified atom stereocenters. The summed E-state index contributed by atoms with van der Waals surface area (Å²) < 4.78 is 0.260. The van der Waals surface area contributed by atoms with Crippen LogP contribution in [0.3, 0.4) is 0 Å². The molecule has 5 nitrogen and oxygen atoms in total. The number of thioether (sulfide) groups is 1. The Bertz CT molecular complexity index is 615. The van der Waals surface area contributed by atoms with Crippen LogP contribution in [0, 0.1) is 0 Å². The Morgan fingerprint density at radius 2 is 2.20 bits per heavy atom. The van der Waals surface area contributed by atoms with Crippen molar-refractivity contribution in [2.45, 2.75) is 31.9 Å². The van der Waals surface area contributed by atoms with Crippen molar-refractivity contribution in [1.29, 1.82) is 0 Å². The van der Waals surface area contributed by atoms with Crippen LogP contribution in [-0.2, 0) is 6.42 Å². The Kier molecular flexibility index (Phi) is 7.17. The van der Waals surface area contributed by atoms with E-state index in [1.807, 2.05) is 30.0 Å². The summed E-state index contributed by atoms with van der Waals surface area (Å²) in [7, 11) is 1.65. The Balaban J connectivity index is 2.01. The molecule has 1 heterocycles. The molecule has 1 amide bonds. The highest BCUT2D eigenvalue weighted by Crippen LogP contribution is 2.29. The number of carbonyl (C=O) groups excluding carboxylic acids is 1. The van der Waals surface area contributed by atoms with Crippen molar-refractivity contribution >= 4 is 23.6 Å². The SMILES string of the molecule is CCNC(=NCCc1cccc(C(=O)NC)c1)N1CCSC(C)(C)C1. The average molecular weight is 363 g/mol. The molecular weight excluding hydrogens is 332 g/mol. The van der Waals surface area contributed by atoms with Crippen molar-refractivity contribution < 1.29 is 4.79 Å². The topological polar surface area (TPSA) is 56.7 Å². The van der Waals surface area contributed by atoms with Gasteiger partial charge in [-0.2, -0.15) is 11.8 Å². The second-order valence-electron chi connectivity index (χ2n) is 6.79. The van der Waals surface area contributed by atoms with Gasteiger partial charge in [0.2, 0.25) is 0 Å². The van der Waals surface area contributed by atoms with Gasteiger partial charge in [-0.25, -0.2) is 0 Å². The first-order valence-corrected chi connectivity index (χ1v) is 9.92. The van der Waals surface area contributed by atoms with Gasteiger partial charge in [-0.05, 0) is 44.9 Å². The molecule has 6 heteroatoms. The van der Waals surface area contributed by atoms with Crippen molar-refractivity contribution in [3.8, 4) is 0 Å². The highest BCUT2D eigenvalue weighted by molar-refractivity contribution is 8.00. The van der Waals surface area contributed by atoms with Crippen molar-refractivity contribution in [1.82, 2.24) is 15.5 Å². The summed E-state index contributed by atoms with van der Waals surface area (Å²) in [6.45, 7) is 10.3. The van der Waals surface area contributed by atoms with Crippen LogP contribution in [0.4, 0.5) is 0 Å². The minimum absolute atomic E-state index is 0.0493. The monoisotopic (exact) mass is 362 g/mol. The van der Waals surface area contributed by atoms with E-state index in [9.17, 15) is 4.79 Å². The van der Waals surface area contributed by atoms with Crippen LogP contribution in [-0.4, -0.2) is 60.5 Å². The van der Waals surface area contributed by atoms with Gasteiger partial charge in [0.05, 0.1) is 0 Å². The Hall–Kier alpha value is -1.69. The Morgan fingerprint density at radius 1 is 1.40 bits per heavy atom. The number of nitrogens with one attached hydrogen (secondary N) is 2. The van der Waals surface area contributed by atoms with Gasteiger partial charge >= 0.3 is 0 Å². The number of hydrogen-bond acceptors (Lipinski definition) is 3. The van der Waals surface area contributed by atoms with Gasteiger partial charge in [0.25, 0.3) is 5.91 Å². The molecule has 1 aliphatic heterocycles. The summed E-state index contributed by atoms with van der Waals surface area (Å²) in [5.74, 6) is 2.08. The molecule has 0 spiro atoms. The number of nitrogens with zero attached hydrogens (tertiary/aromatic N) is 2. The predicted molar refractivity (Wildman–Crippen MR) is 108 cm³/mol. The fourth-order valence-electron chi connectivity index (χ4n) is 2.93. The molecule has 0 radical (unpaired) electrons. The largest absolute Gasteiger partial charge is 0.357 e. The van der Waals surface area contributed by atoms with Gasteiger partial charge in [0.1, 0.15) is 0 Å². The lowest BCUT2D eigenvalue weighted by Crippen LogP contribution is -2.51. The number of hydrogen-bond donors (Lipinski definition) is 2. The lowest BCUT2D eigenvalue weighted by Gasteiger charge is -2.39. The smallest absolute Gasteiger partial charge is 0.251 e. The van der Waals surface area contributed by atoms with Gasteiger partial charge in [-0.1, -0.05) is 12.1 Å². The molecule has 1 aromatic rings. The quantitative estimate of drug-likeness (QED) is 0.624. The zero-order valence-electron chi connectivity index (χ0n) is 15.8. The van der Waals surface area contributed by atoms with Crippen molar-refractivity contribution in [2.24, 2.45) is 4.99 Å². The molecule has 0 aromatic heterocycles. The number of aliphatic imine (C=N–C) groups is 1. The first kappa shape index (κ1) is 19.6. The maximum absolute atomic E-state index is 11.7. The molecule has 1 fully saturated rings. The van der Waals surface area contributed by atoms with Gasteiger partial charge in [-0.3, -0.25) is 9.79 Å². The molecule has 1 aromatic carbocycles. The fourth-order valence-corrected chi connectivity index (χ4v) is 4.04. The van der Waals surface area contributed by atoms with Crippen LogP contribution in [0.5, 0.6) is 0 Å². The summed E-state index contributed by atoms with van der Waals surface area (Å²) >= 11 is 2.02. The third-order valence-electron chi connectivity index (χ3n) is 4.14. The third kappa shape index (κ3) is 5.96. The van der Waals surface area contributed by atoms with Gasteiger partial charge in [0, 0.05) is 49.3 Å². The zero-order chi connectivity index (χ0) is 18.3. The Labute approximate surface area is 155 Å². The minimum Gasteiger partial charge on any atom is -0.357 e. The second-order valence-corrected chi connectivity index (χ2v) is 8.60. The van der Waals surface area contributed by atoms with Crippen LogP contribution in [0.1, 0.15) is 36.7 Å². The fraction of sp³-hybridized carbons (Fsp3) is 0.579. The van der Waals surface area contributed by atoms with E-state index >= 15 is 0 Å². The standard InChI is InChI=1S/C19H30N4OS/c1-5-21-18(23-11-12-25-19(2,3)14-23)22-10-9-15-7-6-8-16(13-15)17(24)20-4/h6-8,13H,5,9-12,14H2,1-4H3,(H,20,24)(H,21,22). The number of amides is 1. The average Bonchev–Trinajstić information content (AvgIpc) is 2.59. The molecular formula is C19H30N4OS. The normalized spacial score (nSPS) is 17.3. The minimum atomic E-state index is -0.0493. The Morgan fingerprint density at radius 3 is 2.88 bits per heavy atom. The summed E-state index contributed by atoms with van der Waals surface area (Å²) in [6, 6.07) is 7.76. The first-order valence-electron chi connectivity index (χ1n) is 8.93. The molecule has 2 N–H and O–H groups in total. The molecule has 0 atom stereocenters. The zero-order valence-corrected chi connectivity index (χ0v) is 16.6. The summed E-state index contributed by atoms with van der Waals surface area (Å²) in [6.07, 6.45) is 0.825. The van der Waals surface area contributed by atoms with Crippen LogP contribution in [0.25, 0.3) is 0 Å². The molecule has 0 bridgehead atoms. The van der Waals surface area contributed by atoms with E-state index < -0.39 is 0 Å². The first-order chi connectivity index (χ1) is 11.9. The van der Waals surface area contributed by atoms with Crippen LogP contribution < -0.4 is 10.6 Å². The van der Waals surface area contributed by atoms with Crippen LogP contribution in [0.15, 0.2) is 29.3 Å². The molecule has 0 saturated carbocycles. The summed E-state index contributed by atoms with van der Waals surface area (Å²) in [4.78, 5) is 18.9. The van der Waals surface area contributed by atoms with E-state index in [1.54, 1.807) is 7.05 Å². The van der Waals surface area contributed by atoms with E-state index in [0.29, 0.717) is 12.1 Å². The predicted octanol–water partition coefficient (Wildman–Crippen LogP) is 2.38. The van der Waals surface area contributed by atoms with Crippen molar-refractivity contribution in [3.63, 3.8) is 0 Å². The van der Waals surface area contributed by atoms with Gasteiger partial charge in [0.15, 0.2) is 5.96 Å². The number of rotatable bonds is 5. The summed E-state index contributed by atoms with van der Waals surface area (Å²) in [5.41, 5.74) is 1.83. The van der Waals surface area contributed by atoms with Gasteiger partial charge < -0.3 is 15.5 Å². The molecule has 1 aliphatic rings. The summed E-state index contributed by atoms with van der Waals surface area (Å²) in [5, 5.41) is 6.08. The van der Waals surface area contributed by atoms with E-state index in [-0.39, 0.29) is 10.7 Å². The lowest BCUT2D eigenvalue weighted by atomic mass is 10.1. The van der Waals surface area contributed by atoms with Crippen LogP contribution >= 0.6 is 11.8 Å². The molecule has 138 valence electrons. The highest BCUT2D eigenvalue weighted by atomic mass is 32.2. The molecule has 0 aliphatic carbocycles. The van der Waals surface area contributed by atoms with E-state index in [2.05, 4.69) is 42.4 Å². The van der Waals surface area contributed by atoms with E-state index in [1.165, 1.54) is 0 Å². The molecule has 1 saturated heterocycles. The number of guanidine groups is 1. The second kappa shape index (κ2) is 9.13. The van der Waals surface area contributed by atoms with Crippen molar-refractivity contribution in [2.75, 3.05) is 39.0 Å². The maximum atomic E-state index is 11.7. The van der Waals surface area contributed by atoms with E-state index in [0.717, 1.165) is 43.3 Å². The highest BCUT2D eigenvalue weighted by Gasteiger charge is 2.28. The van der Waals surface area contributed by atoms with E-state index in [4.69, 9.17) is 4.99 Å². The number of benzene rings is 1.